The van der Waals surface area contributed by atoms with Gasteiger partial charge in [-0.3, -0.25) is 4.90 Å². The fourth-order valence-corrected chi connectivity index (χ4v) is 1.68. The smallest absolute Gasteiger partial charge is 0.338 e. The highest BCUT2D eigenvalue weighted by molar-refractivity contribution is 5.78. The van der Waals surface area contributed by atoms with Gasteiger partial charge in [0, 0.05) is 19.1 Å². The van der Waals surface area contributed by atoms with E-state index in [9.17, 15) is 9.90 Å². The Morgan fingerprint density at radius 1 is 1.73 bits per heavy atom. The number of hydrogen-bond donors (Lipinski definition) is 1. The number of hydrogen-bond acceptors (Lipinski definition) is 5. The molecule has 0 aromatic heterocycles. The second kappa shape index (κ2) is 4.92. The maximum atomic E-state index is 11.3. The normalized spacial score (nSPS) is 27.1. The molecule has 5 nitrogen and oxygen atoms in total. The Kier molecular flexibility index (Phi) is 4.07. The summed E-state index contributed by atoms with van der Waals surface area (Å²) in [6.45, 7) is 5.77. The Labute approximate surface area is 90.0 Å². The lowest BCUT2D eigenvalue weighted by Gasteiger charge is -2.36. The van der Waals surface area contributed by atoms with Crippen molar-refractivity contribution in [2.45, 2.75) is 25.5 Å². The Balaban J connectivity index is 2.55. The third kappa shape index (κ3) is 3.15. The molecular formula is C10H19NO4. The van der Waals surface area contributed by atoms with Crippen LogP contribution in [0.5, 0.6) is 0 Å². The highest BCUT2D eigenvalue weighted by atomic mass is 16.5. The molecule has 1 rings (SSSR count). The average molecular weight is 217 g/mol. The quantitative estimate of drug-likeness (QED) is 0.654. The zero-order chi connectivity index (χ0) is 11.5. The van der Waals surface area contributed by atoms with Crippen LogP contribution in [0.4, 0.5) is 0 Å². The van der Waals surface area contributed by atoms with Gasteiger partial charge in [0.2, 0.25) is 0 Å². The number of carbonyl (C=O) groups is 1. The molecule has 0 aliphatic carbocycles. The molecule has 1 heterocycles. The van der Waals surface area contributed by atoms with Crippen LogP contribution in [0, 0.1) is 0 Å². The van der Waals surface area contributed by atoms with Crippen LogP contribution in [0.25, 0.3) is 0 Å². The molecule has 0 spiro atoms. The van der Waals surface area contributed by atoms with Crippen molar-refractivity contribution in [2.24, 2.45) is 0 Å². The van der Waals surface area contributed by atoms with Gasteiger partial charge < -0.3 is 14.6 Å². The van der Waals surface area contributed by atoms with E-state index in [0.29, 0.717) is 13.2 Å². The predicted octanol–water partition coefficient (Wildman–Crippen LogP) is -0.369. The number of nitrogens with zero attached hydrogens (tertiary/aromatic N) is 1. The number of β-amino-alcohol motifs (C(OH)–C–C–N with tert-alkyl or cyclic N) is 1. The number of carbonyl (C=O) groups excluding carboxylic acids is 1. The number of esters is 1. The first kappa shape index (κ1) is 12.4. The average Bonchev–Trinajstić information content (AvgIpc) is 2.20. The fourth-order valence-electron chi connectivity index (χ4n) is 1.68. The predicted molar refractivity (Wildman–Crippen MR) is 54.5 cm³/mol. The largest absolute Gasteiger partial charge is 0.467 e. The molecule has 2 unspecified atom stereocenters. The molecule has 5 heteroatoms. The van der Waals surface area contributed by atoms with E-state index in [1.807, 2.05) is 11.8 Å². The molecule has 15 heavy (non-hydrogen) atoms. The summed E-state index contributed by atoms with van der Waals surface area (Å²) in [5, 5.41) is 9.90. The maximum Gasteiger partial charge on any atom is 0.338 e. The summed E-state index contributed by atoms with van der Waals surface area (Å²) in [7, 11) is 1.28. The third-order valence-corrected chi connectivity index (χ3v) is 2.64. The lowest BCUT2D eigenvalue weighted by atomic mass is 10.1. The van der Waals surface area contributed by atoms with Crippen molar-refractivity contribution in [3.63, 3.8) is 0 Å². The monoisotopic (exact) mass is 217 g/mol. The third-order valence-electron chi connectivity index (χ3n) is 2.64. The Morgan fingerprint density at radius 3 is 2.93 bits per heavy atom. The van der Waals surface area contributed by atoms with Crippen molar-refractivity contribution in [1.29, 1.82) is 0 Å². The summed E-state index contributed by atoms with van der Waals surface area (Å²) in [5.41, 5.74) is -1.44. The van der Waals surface area contributed by atoms with Gasteiger partial charge in [0.05, 0.1) is 20.3 Å². The molecule has 1 N–H and O–H groups in total. The van der Waals surface area contributed by atoms with Crippen molar-refractivity contribution < 1.29 is 19.4 Å². The van der Waals surface area contributed by atoms with Crippen LogP contribution < -0.4 is 0 Å². The minimum atomic E-state index is -1.44. The minimum absolute atomic E-state index is 0.217. The van der Waals surface area contributed by atoms with E-state index in [1.54, 1.807) is 0 Å². The van der Waals surface area contributed by atoms with Gasteiger partial charge in [-0.1, -0.05) is 0 Å². The number of rotatable bonds is 3. The lowest BCUT2D eigenvalue weighted by molar-refractivity contribution is -0.164. The standard InChI is InChI=1S/C10H19NO4/c1-8-6-15-5-4-11(8)7-10(2,13)9(12)14-3/h8,13H,4-7H2,1-3H3. The van der Waals surface area contributed by atoms with Gasteiger partial charge in [0.1, 0.15) is 0 Å². The van der Waals surface area contributed by atoms with E-state index in [1.165, 1.54) is 14.0 Å². The Hall–Kier alpha value is -0.650. The number of aliphatic hydroxyl groups is 1. The number of morpholine rings is 1. The molecule has 0 bridgehead atoms. The van der Waals surface area contributed by atoms with E-state index in [-0.39, 0.29) is 12.6 Å². The minimum Gasteiger partial charge on any atom is -0.467 e. The topological polar surface area (TPSA) is 59.0 Å². The molecule has 0 saturated carbocycles. The van der Waals surface area contributed by atoms with E-state index in [2.05, 4.69) is 4.74 Å². The van der Waals surface area contributed by atoms with E-state index in [0.717, 1.165) is 6.54 Å². The lowest BCUT2D eigenvalue weighted by Crippen LogP contribution is -2.53. The van der Waals surface area contributed by atoms with Crippen LogP contribution in [0.15, 0.2) is 0 Å². The Bertz CT molecular complexity index is 229. The first-order valence-electron chi connectivity index (χ1n) is 5.10. The Morgan fingerprint density at radius 2 is 2.40 bits per heavy atom. The highest BCUT2D eigenvalue weighted by Crippen LogP contribution is 2.13. The van der Waals surface area contributed by atoms with Crippen LogP contribution in [0.3, 0.4) is 0 Å². The number of methoxy groups -OCH3 is 1. The summed E-state index contributed by atoms with van der Waals surface area (Å²) in [6.07, 6.45) is 0. The van der Waals surface area contributed by atoms with E-state index in [4.69, 9.17) is 4.74 Å². The SMILES string of the molecule is COC(=O)C(C)(O)CN1CCOCC1C. The molecule has 0 radical (unpaired) electrons. The van der Waals surface area contributed by atoms with Crippen molar-refractivity contribution in [3.05, 3.63) is 0 Å². The van der Waals surface area contributed by atoms with E-state index >= 15 is 0 Å². The van der Waals surface area contributed by atoms with Gasteiger partial charge in [-0.05, 0) is 13.8 Å². The summed E-state index contributed by atoms with van der Waals surface area (Å²) in [4.78, 5) is 13.3. The van der Waals surface area contributed by atoms with Crippen molar-refractivity contribution in [3.8, 4) is 0 Å². The van der Waals surface area contributed by atoms with Crippen LogP contribution in [-0.4, -0.2) is 61.0 Å². The second-order valence-corrected chi connectivity index (χ2v) is 4.16. The highest BCUT2D eigenvalue weighted by Gasteiger charge is 2.35. The number of ether oxygens (including phenoxy) is 2. The van der Waals surface area contributed by atoms with Crippen LogP contribution in [0.1, 0.15) is 13.8 Å². The van der Waals surface area contributed by atoms with Crippen molar-refractivity contribution in [2.75, 3.05) is 33.4 Å². The van der Waals surface area contributed by atoms with Gasteiger partial charge in [-0.2, -0.15) is 0 Å². The summed E-state index contributed by atoms with van der Waals surface area (Å²) >= 11 is 0. The molecular weight excluding hydrogens is 198 g/mol. The second-order valence-electron chi connectivity index (χ2n) is 4.16. The summed E-state index contributed by atoms with van der Waals surface area (Å²) < 4.78 is 9.82. The molecule has 88 valence electrons. The first-order chi connectivity index (χ1) is 6.97. The molecule has 2 atom stereocenters. The molecule has 0 aromatic rings. The molecule has 1 aliphatic rings. The summed E-state index contributed by atoms with van der Waals surface area (Å²) in [5.74, 6) is -0.596. The zero-order valence-electron chi connectivity index (χ0n) is 9.52. The summed E-state index contributed by atoms with van der Waals surface area (Å²) in [6, 6.07) is 0.217. The zero-order valence-corrected chi connectivity index (χ0v) is 9.52. The molecule has 0 aromatic carbocycles. The molecule has 1 aliphatic heterocycles. The van der Waals surface area contributed by atoms with Gasteiger partial charge >= 0.3 is 5.97 Å². The van der Waals surface area contributed by atoms with Gasteiger partial charge in [0.15, 0.2) is 5.60 Å². The van der Waals surface area contributed by atoms with Gasteiger partial charge in [0.25, 0.3) is 0 Å². The molecule has 1 fully saturated rings. The molecule has 0 amide bonds. The maximum absolute atomic E-state index is 11.3. The van der Waals surface area contributed by atoms with Crippen LogP contribution in [-0.2, 0) is 14.3 Å². The first-order valence-corrected chi connectivity index (χ1v) is 5.10. The van der Waals surface area contributed by atoms with Gasteiger partial charge in [-0.25, -0.2) is 4.79 Å². The van der Waals surface area contributed by atoms with E-state index < -0.39 is 11.6 Å². The van der Waals surface area contributed by atoms with Crippen LogP contribution in [0.2, 0.25) is 0 Å². The van der Waals surface area contributed by atoms with Crippen molar-refractivity contribution >= 4 is 5.97 Å². The fraction of sp³-hybridized carbons (Fsp3) is 0.900. The van der Waals surface area contributed by atoms with Gasteiger partial charge in [-0.15, -0.1) is 0 Å². The molecule has 1 saturated heterocycles. The van der Waals surface area contributed by atoms with Crippen molar-refractivity contribution in [1.82, 2.24) is 4.90 Å². The van der Waals surface area contributed by atoms with Crippen LogP contribution >= 0.6 is 0 Å².